The molecule has 0 spiro atoms. The molecule has 0 aliphatic heterocycles. The lowest BCUT2D eigenvalue weighted by Crippen LogP contribution is -2.24. The number of benzene rings is 2. The van der Waals surface area contributed by atoms with Gasteiger partial charge in [-0.25, -0.2) is 13.4 Å². The SMILES string of the molecule is COc1ccc(Cl)cc1N=C(CC(=N)C(F)(F)F)c1ccc(-c2cccc(S(C)(=O)=O)c2)s1. The number of aliphatic imine (C=N–C) groups is 1. The van der Waals surface area contributed by atoms with Crippen LogP contribution in [0.1, 0.15) is 11.3 Å². The van der Waals surface area contributed by atoms with Crippen molar-refractivity contribution in [3.05, 3.63) is 64.5 Å². The van der Waals surface area contributed by atoms with E-state index in [-0.39, 0.29) is 16.3 Å². The van der Waals surface area contributed by atoms with Crippen LogP contribution in [0, 0.1) is 5.41 Å². The maximum Gasteiger partial charge on any atom is 0.429 e. The Labute approximate surface area is 197 Å². The number of thiophene rings is 1. The van der Waals surface area contributed by atoms with Gasteiger partial charge >= 0.3 is 6.18 Å². The van der Waals surface area contributed by atoms with Gasteiger partial charge in [-0.15, -0.1) is 11.3 Å². The number of ether oxygens (including phenoxy) is 1. The molecule has 0 fully saturated rings. The molecule has 1 heterocycles. The molecule has 3 rings (SSSR count). The maximum absolute atomic E-state index is 13.1. The van der Waals surface area contributed by atoms with Crippen molar-refractivity contribution in [3.8, 4) is 16.2 Å². The monoisotopic (exact) mass is 514 g/mol. The van der Waals surface area contributed by atoms with Gasteiger partial charge in [-0.3, -0.25) is 0 Å². The number of nitrogens with one attached hydrogen (secondary N) is 1. The Balaban J connectivity index is 2.09. The molecule has 0 aliphatic carbocycles. The van der Waals surface area contributed by atoms with Crippen LogP contribution in [0.2, 0.25) is 5.02 Å². The molecule has 1 N–H and O–H groups in total. The van der Waals surface area contributed by atoms with Crippen LogP contribution in [0.25, 0.3) is 10.4 Å². The van der Waals surface area contributed by atoms with Gasteiger partial charge in [0, 0.05) is 27.5 Å². The lowest BCUT2D eigenvalue weighted by Gasteiger charge is -2.11. The third-order valence-corrected chi connectivity index (χ3v) is 7.05. The van der Waals surface area contributed by atoms with Gasteiger partial charge in [0.1, 0.15) is 17.1 Å². The minimum atomic E-state index is -4.80. The minimum Gasteiger partial charge on any atom is -0.494 e. The number of hydrogen-bond donors (Lipinski definition) is 1. The van der Waals surface area contributed by atoms with Gasteiger partial charge in [-0.2, -0.15) is 13.2 Å². The molecule has 0 saturated carbocycles. The van der Waals surface area contributed by atoms with Gasteiger partial charge in [0.15, 0.2) is 9.84 Å². The first-order valence-electron chi connectivity index (χ1n) is 9.35. The predicted molar refractivity (Wildman–Crippen MR) is 125 cm³/mol. The molecule has 174 valence electrons. The summed E-state index contributed by atoms with van der Waals surface area (Å²) in [5.74, 6) is 0.313. The number of alkyl halides is 3. The van der Waals surface area contributed by atoms with E-state index in [1.54, 1.807) is 36.4 Å². The Morgan fingerprint density at radius 1 is 1.15 bits per heavy atom. The molecule has 3 aromatic rings. The molecule has 1 aromatic heterocycles. The van der Waals surface area contributed by atoms with Crippen molar-refractivity contribution in [2.24, 2.45) is 4.99 Å². The summed E-state index contributed by atoms with van der Waals surface area (Å²) in [5, 5.41) is 7.79. The zero-order valence-corrected chi connectivity index (χ0v) is 19.8. The van der Waals surface area contributed by atoms with Crippen LogP contribution in [0.15, 0.2) is 64.5 Å². The first-order chi connectivity index (χ1) is 15.4. The second-order valence-corrected chi connectivity index (χ2v) is 10.5. The molecular weight excluding hydrogens is 497 g/mol. The van der Waals surface area contributed by atoms with Crippen LogP contribution in [-0.4, -0.2) is 39.4 Å². The van der Waals surface area contributed by atoms with E-state index in [4.69, 9.17) is 21.7 Å². The van der Waals surface area contributed by atoms with Gasteiger partial charge < -0.3 is 10.1 Å². The van der Waals surface area contributed by atoms with Crippen molar-refractivity contribution < 1.29 is 26.3 Å². The minimum absolute atomic E-state index is 0.00779. The topological polar surface area (TPSA) is 79.6 Å². The van der Waals surface area contributed by atoms with E-state index in [9.17, 15) is 21.6 Å². The molecule has 11 heteroatoms. The smallest absolute Gasteiger partial charge is 0.429 e. The second-order valence-electron chi connectivity index (χ2n) is 6.99. The zero-order chi connectivity index (χ0) is 24.4. The highest BCUT2D eigenvalue weighted by molar-refractivity contribution is 7.90. The highest BCUT2D eigenvalue weighted by Gasteiger charge is 2.35. The molecular formula is C22H18ClF3N2O3S2. The molecule has 0 bridgehead atoms. The summed E-state index contributed by atoms with van der Waals surface area (Å²) in [5.41, 5.74) is -0.617. The lowest BCUT2D eigenvalue weighted by molar-refractivity contribution is -0.0605. The van der Waals surface area contributed by atoms with E-state index >= 15 is 0 Å². The molecule has 0 radical (unpaired) electrons. The van der Waals surface area contributed by atoms with Crippen LogP contribution in [0.4, 0.5) is 18.9 Å². The Morgan fingerprint density at radius 3 is 2.52 bits per heavy atom. The third kappa shape index (κ3) is 6.21. The molecule has 2 aromatic carbocycles. The Morgan fingerprint density at radius 2 is 1.88 bits per heavy atom. The van der Waals surface area contributed by atoms with E-state index in [1.165, 1.54) is 25.3 Å². The van der Waals surface area contributed by atoms with Gasteiger partial charge in [0.2, 0.25) is 0 Å². The highest BCUT2D eigenvalue weighted by atomic mass is 35.5. The van der Waals surface area contributed by atoms with Crippen LogP contribution >= 0.6 is 22.9 Å². The fraction of sp³-hybridized carbons (Fsp3) is 0.182. The average molecular weight is 515 g/mol. The molecule has 0 amide bonds. The molecule has 0 saturated heterocycles. The predicted octanol–water partition coefficient (Wildman–Crippen LogP) is 6.57. The van der Waals surface area contributed by atoms with Gasteiger partial charge in [0.25, 0.3) is 0 Å². The summed E-state index contributed by atoms with van der Waals surface area (Å²) in [6.07, 6.45) is -4.47. The van der Waals surface area contributed by atoms with E-state index < -0.39 is 28.1 Å². The fourth-order valence-electron chi connectivity index (χ4n) is 2.87. The average Bonchev–Trinajstić information content (AvgIpc) is 3.22. The molecule has 0 unspecified atom stereocenters. The summed E-state index contributed by atoms with van der Waals surface area (Å²) in [7, 11) is -2.03. The summed E-state index contributed by atoms with van der Waals surface area (Å²) in [6, 6.07) is 14.1. The normalized spacial score (nSPS) is 12.6. The number of nitrogens with zero attached hydrogens (tertiary/aromatic N) is 1. The summed E-state index contributed by atoms with van der Waals surface area (Å²) in [6.45, 7) is 0. The number of methoxy groups -OCH3 is 1. The van der Waals surface area contributed by atoms with Crippen LogP contribution in [0.3, 0.4) is 0 Å². The number of sulfone groups is 1. The first kappa shape index (κ1) is 24.9. The highest BCUT2D eigenvalue weighted by Crippen LogP contribution is 2.35. The van der Waals surface area contributed by atoms with E-state index in [0.717, 1.165) is 17.6 Å². The fourth-order valence-corrected chi connectivity index (χ4v) is 4.70. The first-order valence-corrected chi connectivity index (χ1v) is 12.4. The van der Waals surface area contributed by atoms with Crippen molar-refractivity contribution in [3.63, 3.8) is 0 Å². The van der Waals surface area contributed by atoms with Crippen molar-refractivity contribution in [2.45, 2.75) is 17.5 Å². The van der Waals surface area contributed by atoms with Crippen LogP contribution in [0.5, 0.6) is 5.75 Å². The molecule has 33 heavy (non-hydrogen) atoms. The Hall–Kier alpha value is -2.69. The van der Waals surface area contributed by atoms with Crippen molar-refractivity contribution in [1.29, 1.82) is 5.41 Å². The van der Waals surface area contributed by atoms with Gasteiger partial charge in [0.05, 0.1) is 17.7 Å². The molecule has 5 nitrogen and oxygen atoms in total. The summed E-state index contributed by atoms with van der Waals surface area (Å²) in [4.78, 5) is 5.52. The standard InChI is InChI=1S/C22H18ClF3N2O3S2/c1-31-18-7-6-14(23)11-16(18)28-17(12-21(27)22(24,25)26)20-9-8-19(32-20)13-4-3-5-15(10-13)33(2,29)30/h3-11,27H,12H2,1-2H3. The third-order valence-electron chi connectivity index (χ3n) is 4.52. The van der Waals surface area contributed by atoms with E-state index in [1.807, 2.05) is 0 Å². The van der Waals surface area contributed by atoms with E-state index in [0.29, 0.717) is 26.1 Å². The van der Waals surface area contributed by atoms with Crippen LogP contribution in [-0.2, 0) is 9.84 Å². The zero-order valence-electron chi connectivity index (χ0n) is 17.4. The number of hydrogen-bond acceptors (Lipinski definition) is 6. The lowest BCUT2D eigenvalue weighted by atomic mass is 10.1. The molecule has 0 aliphatic rings. The van der Waals surface area contributed by atoms with Crippen LogP contribution < -0.4 is 4.74 Å². The Kier molecular flexibility index (Phi) is 7.30. The summed E-state index contributed by atoms with van der Waals surface area (Å²) < 4.78 is 68.3. The van der Waals surface area contributed by atoms with Crippen molar-refractivity contribution >= 4 is 49.9 Å². The quantitative estimate of drug-likeness (QED) is 0.362. The van der Waals surface area contributed by atoms with E-state index in [2.05, 4.69) is 4.99 Å². The van der Waals surface area contributed by atoms with Crippen molar-refractivity contribution in [2.75, 3.05) is 13.4 Å². The van der Waals surface area contributed by atoms with Gasteiger partial charge in [-0.1, -0.05) is 23.7 Å². The largest absolute Gasteiger partial charge is 0.494 e. The summed E-state index contributed by atoms with van der Waals surface area (Å²) >= 11 is 7.16. The van der Waals surface area contributed by atoms with Gasteiger partial charge in [-0.05, 0) is 48.0 Å². The second kappa shape index (κ2) is 9.66. The van der Waals surface area contributed by atoms with Crippen molar-refractivity contribution in [1.82, 2.24) is 0 Å². The number of halogens is 4. The molecule has 0 atom stereocenters. The maximum atomic E-state index is 13.1. The number of rotatable bonds is 7. The Bertz CT molecular complexity index is 1330.